The van der Waals surface area contributed by atoms with E-state index in [-0.39, 0.29) is 5.91 Å². The zero-order valence-electron chi connectivity index (χ0n) is 16.5. The van der Waals surface area contributed by atoms with E-state index in [0.717, 1.165) is 44.2 Å². The van der Waals surface area contributed by atoms with Gasteiger partial charge in [0.05, 0.1) is 27.5 Å². The monoisotopic (exact) mass is 698 g/mol. The fourth-order valence-electron chi connectivity index (χ4n) is 3.11. The van der Waals surface area contributed by atoms with Crippen molar-refractivity contribution in [1.29, 1.82) is 0 Å². The fourth-order valence-corrected chi connectivity index (χ4v) is 6.84. The molecule has 0 spiro atoms. The van der Waals surface area contributed by atoms with Crippen LogP contribution in [0.2, 0.25) is 0 Å². The number of hydrogen-bond donors (Lipinski definition) is 1. The van der Waals surface area contributed by atoms with Crippen LogP contribution in [0.4, 0.5) is 5.69 Å². The Kier molecular flexibility index (Phi) is 7.51. The first-order valence-electron chi connectivity index (χ1n) is 9.23. The number of nitrogens with one attached hydrogen (secondary N) is 1. The van der Waals surface area contributed by atoms with E-state index >= 15 is 0 Å². The quantitative estimate of drug-likeness (QED) is 0.212. The van der Waals surface area contributed by atoms with Crippen LogP contribution in [0.15, 0.2) is 72.5 Å². The number of fused-ring (bicyclic) bond motifs is 1. The highest BCUT2D eigenvalue weighted by Gasteiger charge is 2.16. The number of para-hydroxylation sites is 1. The lowest BCUT2D eigenvalue weighted by atomic mass is 10.1. The molecular weight excluding hydrogens is 688 g/mol. The smallest absolute Gasteiger partial charge is 0.248 e. The van der Waals surface area contributed by atoms with Crippen molar-refractivity contribution in [3.63, 3.8) is 0 Å². The Bertz CT molecular complexity index is 1330. The van der Waals surface area contributed by atoms with Gasteiger partial charge in [-0.2, -0.15) is 0 Å². The molecule has 0 fully saturated rings. The summed E-state index contributed by atoms with van der Waals surface area (Å²) < 4.78 is 9.84. The van der Waals surface area contributed by atoms with Crippen LogP contribution < -0.4 is 10.1 Å². The Morgan fingerprint density at radius 1 is 1.03 bits per heavy atom. The number of rotatable bonds is 5. The van der Waals surface area contributed by atoms with E-state index in [4.69, 9.17) is 9.72 Å². The third-order valence-corrected chi connectivity index (χ3v) is 7.68. The van der Waals surface area contributed by atoms with Gasteiger partial charge in [0.25, 0.3) is 0 Å². The highest BCUT2D eigenvalue weighted by Crippen LogP contribution is 2.40. The molecule has 0 aliphatic carbocycles. The number of aromatic nitrogens is 1. The van der Waals surface area contributed by atoms with E-state index in [9.17, 15) is 4.79 Å². The first kappa shape index (κ1) is 23.6. The molecule has 4 rings (SSSR count). The van der Waals surface area contributed by atoms with Crippen molar-refractivity contribution >= 4 is 103 Å². The molecule has 0 aliphatic rings. The molecule has 162 valence electrons. The van der Waals surface area contributed by atoms with Crippen molar-refractivity contribution in [3.05, 3.63) is 78.1 Å². The largest absolute Gasteiger partial charge is 0.495 e. The second kappa shape index (κ2) is 10.2. The van der Waals surface area contributed by atoms with Gasteiger partial charge in [-0.25, -0.2) is 4.98 Å². The number of thiazole rings is 1. The Morgan fingerprint density at radius 2 is 1.75 bits per heavy atom. The van der Waals surface area contributed by atoms with E-state index in [2.05, 4.69) is 69.0 Å². The zero-order chi connectivity index (χ0) is 22.8. The minimum absolute atomic E-state index is 0.270. The molecule has 32 heavy (non-hydrogen) atoms. The summed E-state index contributed by atoms with van der Waals surface area (Å²) >= 11 is 15.6. The molecule has 1 amide bonds. The van der Waals surface area contributed by atoms with Gasteiger partial charge in [0.15, 0.2) is 0 Å². The minimum Gasteiger partial charge on any atom is -0.495 e. The molecule has 1 N–H and O–H groups in total. The molecule has 0 atom stereocenters. The number of carbonyl (C=O) groups excluding carboxylic acids is 1. The number of anilines is 1. The average Bonchev–Trinajstić information content (AvgIpc) is 3.17. The summed E-state index contributed by atoms with van der Waals surface area (Å²) in [5.74, 6) is 0.380. The Hall–Kier alpha value is -1.52. The maximum atomic E-state index is 12.8. The molecule has 1 aromatic heterocycles. The van der Waals surface area contributed by atoms with Gasteiger partial charge in [0.2, 0.25) is 5.91 Å². The van der Waals surface area contributed by atoms with Gasteiger partial charge in [0, 0.05) is 30.6 Å². The number of nitrogens with zero attached hydrogens (tertiary/aromatic N) is 1. The van der Waals surface area contributed by atoms with Crippen molar-refractivity contribution in [2.24, 2.45) is 0 Å². The number of methoxy groups -OCH3 is 1. The number of carbonyl (C=O) groups is 1. The second-order valence-electron chi connectivity index (χ2n) is 6.63. The normalized spacial score (nSPS) is 11.3. The van der Waals surface area contributed by atoms with Crippen molar-refractivity contribution in [2.75, 3.05) is 12.4 Å². The van der Waals surface area contributed by atoms with Crippen LogP contribution in [0.5, 0.6) is 5.75 Å². The van der Waals surface area contributed by atoms with Crippen LogP contribution in [0, 0.1) is 0 Å². The standard InChI is InChI=1S/C23H14Br4N2O2S/c1-31-22-12(8-13(24)11-17(22)27)6-7-20(30)29-21-15(9-14(25)10-16(21)26)23-28-18-4-2-3-5-19(18)32-23/h2-11H,1H3,(H,29,30)/b7-6+. The van der Waals surface area contributed by atoms with Crippen molar-refractivity contribution < 1.29 is 9.53 Å². The average molecular weight is 702 g/mol. The molecule has 0 saturated heterocycles. The minimum atomic E-state index is -0.270. The molecular formula is C23H14Br4N2O2S. The molecule has 9 heteroatoms. The summed E-state index contributed by atoms with van der Waals surface area (Å²) in [5.41, 5.74) is 3.18. The lowest BCUT2D eigenvalue weighted by Crippen LogP contribution is -2.09. The Balaban J connectivity index is 1.68. The first-order valence-corrected chi connectivity index (χ1v) is 13.2. The van der Waals surface area contributed by atoms with Gasteiger partial charge in [-0.3, -0.25) is 4.79 Å². The van der Waals surface area contributed by atoms with Crippen LogP contribution >= 0.6 is 75.1 Å². The van der Waals surface area contributed by atoms with Gasteiger partial charge in [0.1, 0.15) is 10.8 Å². The summed E-state index contributed by atoms with van der Waals surface area (Å²) in [5, 5.41) is 3.82. The van der Waals surface area contributed by atoms with Gasteiger partial charge in [-0.1, -0.05) is 44.0 Å². The molecule has 0 aliphatic heterocycles. The van der Waals surface area contributed by atoms with Gasteiger partial charge in [-0.15, -0.1) is 11.3 Å². The molecule has 0 bridgehead atoms. The SMILES string of the molecule is COc1c(Br)cc(Br)cc1/C=C/C(=O)Nc1c(Br)cc(Br)cc1-c1nc2ccccc2s1. The predicted molar refractivity (Wildman–Crippen MR) is 147 cm³/mol. The number of hydrogen-bond acceptors (Lipinski definition) is 4. The first-order chi connectivity index (χ1) is 15.4. The second-order valence-corrected chi connectivity index (χ2v) is 11.2. The summed E-state index contributed by atoms with van der Waals surface area (Å²) in [6, 6.07) is 15.6. The number of benzene rings is 3. The van der Waals surface area contributed by atoms with E-state index in [0.29, 0.717) is 11.4 Å². The van der Waals surface area contributed by atoms with Crippen LogP contribution in [-0.4, -0.2) is 18.0 Å². The summed E-state index contributed by atoms with van der Waals surface area (Å²) in [6.45, 7) is 0. The maximum absolute atomic E-state index is 12.8. The van der Waals surface area contributed by atoms with E-state index < -0.39 is 0 Å². The van der Waals surface area contributed by atoms with Crippen molar-refractivity contribution in [1.82, 2.24) is 4.98 Å². The predicted octanol–water partition coefficient (Wildman–Crippen LogP) is 8.67. The molecule has 0 saturated carbocycles. The van der Waals surface area contributed by atoms with Gasteiger partial charge >= 0.3 is 0 Å². The Labute approximate surface area is 222 Å². The van der Waals surface area contributed by atoms with Crippen molar-refractivity contribution in [2.45, 2.75) is 0 Å². The van der Waals surface area contributed by atoms with Crippen LogP contribution in [0.25, 0.3) is 26.9 Å². The molecule has 0 radical (unpaired) electrons. The zero-order valence-corrected chi connectivity index (χ0v) is 23.6. The summed E-state index contributed by atoms with van der Waals surface area (Å²) in [6.07, 6.45) is 3.20. The fraction of sp³-hybridized carbons (Fsp3) is 0.0435. The third kappa shape index (κ3) is 5.17. The lowest BCUT2D eigenvalue weighted by Gasteiger charge is -2.12. The van der Waals surface area contributed by atoms with Crippen LogP contribution in [0.3, 0.4) is 0 Å². The Morgan fingerprint density at radius 3 is 2.50 bits per heavy atom. The molecule has 4 nitrogen and oxygen atoms in total. The van der Waals surface area contributed by atoms with Gasteiger partial charge < -0.3 is 10.1 Å². The van der Waals surface area contributed by atoms with E-state index in [1.54, 1.807) is 24.5 Å². The highest BCUT2D eigenvalue weighted by atomic mass is 79.9. The lowest BCUT2D eigenvalue weighted by molar-refractivity contribution is -0.111. The number of ether oxygens (including phenoxy) is 1. The molecule has 4 aromatic rings. The number of amides is 1. The van der Waals surface area contributed by atoms with Crippen LogP contribution in [0.1, 0.15) is 5.56 Å². The van der Waals surface area contributed by atoms with E-state index in [1.807, 2.05) is 48.5 Å². The van der Waals surface area contributed by atoms with Crippen molar-refractivity contribution in [3.8, 4) is 16.3 Å². The maximum Gasteiger partial charge on any atom is 0.248 e. The molecule has 0 unspecified atom stereocenters. The molecule has 1 heterocycles. The number of halogens is 4. The van der Waals surface area contributed by atoms with Gasteiger partial charge in [-0.05, 0) is 74.3 Å². The highest BCUT2D eigenvalue weighted by molar-refractivity contribution is 9.11. The summed E-state index contributed by atoms with van der Waals surface area (Å²) in [7, 11) is 1.59. The molecule has 3 aromatic carbocycles. The third-order valence-electron chi connectivity index (χ3n) is 4.48. The van der Waals surface area contributed by atoms with Crippen LogP contribution in [-0.2, 0) is 4.79 Å². The topological polar surface area (TPSA) is 51.2 Å². The van der Waals surface area contributed by atoms with E-state index in [1.165, 1.54) is 6.08 Å². The summed E-state index contributed by atoms with van der Waals surface area (Å²) in [4.78, 5) is 17.6.